The lowest BCUT2D eigenvalue weighted by Crippen LogP contribution is -2.31. The van der Waals surface area contributed by atoms with E-state index in [4.69, 9.17) is 0 Å². The molecule has 1 fully saturated rings. The van der Waals surface area contributed by atoms with Gasteiger partial charge < -0.3 is 9.80 Å². The second kappa shape index (κ2) is 6.83. The monoisotopic (exact) mass is 311 g/mol. The molecule has 1 aliphatic heterocycles. The van der Waals surface area contributed by atoms with E-state index in [0.717, 1.165) is 37.4 Å². The minimum atomic E-state index is -0.0437. The minimum absolute atomic E-state index is 0.0245. The summed E-state index contributed by atoms with van der Waals surface area (Å²) in [4.78, 5) is 29.7. The number of aromatic nitrogens is 3. The summed E-state index contributed by atoms with van der Waals surface area (Å²) in [5.74, 6) is 0.765. The van der Waals surface area contributed by atoms with Gasteiger partial charge in [-0.2, -0.15) is 0 Å². The zero-order valence-corrected chi connectivity index (χ0v) is 13.5. The average molecular weight is 311 g/mol. The predicted molar refractivity (Wildman–Crippen MR) is 86.7 cm³/mol. The SMILES string of the molecule is CN(C)Cc1ccnc([C@H]2CCCN2C(=O)c2ccncc2)n1. The average Bonchev–Trinajstić information content (AvgIpc) is 3.04. The van der Waals surface area contributed by atoms with Gasteiger partial charge in [0.1, 0.15) is 0 Å². The molecule has 1 aliphatic rings. The molecule has 3 heterocycles. The highest BCUT2D eigenvalue weighted by Gasteiger charge is 2.32. The molecule has 6 heteroatoms. The molecule has 0 N–H and O–H groups in total. The van der Waals surface area contributed by atoms with Gasteiger partial charge in [0.2, 0.25) is 0 Å². The van der Waals surface area contributed by atoms with Crippen molar-refractivity contribution in [2.75, 3.05) is 20.6 Å². The highest BCUT2D eigenvalue weighted by atomic mass is 16.2. The summed E-state index contributed by atoms with van der Waals surface area (Å²) in [6.07, 6.45) is 6.96. The second-order valence-corrected chi connectivity index (χ2v) is 6.04. The third-order valence-electron chi connectivity index (χ3n) is 3.95. The number of nitrogens with zero attached hydrogens (tertiary/aromatic N) is 5. The molecule has 0 aliphatic carbocycles. The van der Waals surface area contributed by atoms with Gasteiger partial charge in [-0.25, -0.2) is 9.97 Å². The van der Waals surface area contributed by atoms with Crippen molar-refractivity contribution in [3.8, 4) is 0 Å². The van der Waals surface area contributed by atoms with E-state index in [9.17, 15) is 4.79 Å². The Labute approximate surface area is 136 Å². The van der Waals surface area contributed by atoms with Crippen LogP contribution in [0.1, 0.15) is 40.8 Å². The Hall–Kier alpha value is -2.34. The first-order valence-electron chi connectivity index (χ1n) is 7.82. The molecule has 2 aromatic heterocycles. The van der Waals surface area contributed by atoms with E-state index >= 15 is 0 Å². The number of rotatable bonds is 4. The largest absolute Gasteiger partial charge is 0.328 e. The van der Waals surface area contributed by atoms with E-state index in [0.29, 0.717) is 5.56 Å². The summed E-state index contributed by atoms with van der Waals surface area (Å²) in [6, 6.07) is 5.38. The fraction of sp³-hybridized carbons (Fsp3) is 0.412. The molecule has 0 saturated carbocycles. The Morgan fingerprint density at radius 2 is 2.04 bits per heavy atom. The maximum Gasteiger partial charge on any atom is 0.254 e. The summed E-state index contributed by atoms with van der Waals surface area (Å²) in [6.45, 7) is 1.51. The van der Waals surface area contributed by atoms with Crippen LogP contribution in [-0.2, 0) is 6.54 Å². The molecule has 1 atom stereocenters. The molecule has 23 heavy (non-hydrogen) atoms. The lowest BCUT2D eigenvalue weighted by molar-refractivity contribution is 0.0729. The van der Waals surface area contributed by atoms with Gasteiger partial charge in [-0.3, -0.25) is 9.78 Å². The predicted octanol–water partition coefficient (Wildman–Crippen LogP) is 1.91. The van der Waals surface area contributed by atoms with Crippen molar-refractivity contribution in [2.24, 2.45) is 0 Å². The van der Waals surface area contributed by atoms with Crippen molar-refractivity contribution >= 4 is 5.91 Å². The second-order valence-electron chi connectivity index (χ2n) is 6.04. The molecule has 3 rings (SSSR count). The van der Waals surface area contributed by atoms with Crippen molar-refractivity contribution in [3.05, 3.63) is 53.9 Å². The highest BCUT2D eigenvalue weighted by molar-refractivity contribution is 5.94. The van der Waals surface area contributed by atoms with Crippen LogP contribution in [0.2, 0.25) is 0 Å². The van der Waals surface area contributed by atoms with Gasteiger partial charge in [0, 0.05) is 37.2 Å². The number of pyridine rings is 1. The van der Waals surface area contributed by atoms with Crippen molar-refractivity contribution < 1.29 is 4.79 Å². The smallest absolute Gasteiger partial charge is 0.254 e. The van der Waals surface area contributed by atoms with Crippen LogP contribution in [0.5, 0.6) is 0 Å². The molecule has 120 valence electrons. The first-order valence-corrected chi connectivity index (χ1v) is 7.82. The van der Waals surface area contributed by atoms with Crippen molar-refractivity contribution in [1.29, 1.82) is 0 Å². The molecule has 1 amide bonds. The van der Waals surface area contributed by atoms with Gasteiger partial charge in [0.25, 0.3) is 5.91 Å². The van der Waals surface area contributed by atoms with Gasteiger partial charge in [-0.05, 0) is 45.1 Å². The van der Waals surface area contributed by atoms with Crippen molar-refractivity contribution in [3.63, 3.8) is 0 Å². The Morgan fingerprint density at radius 3 is 2.78 bits per heavy atom. The molecule has 0 radical (unpaired) electrons. The van der Waals surface area contributed by atoms with Crippen LogP contribution in [0.15, 0.2) is 36.8 Å². The number of amides is 1. The molecule has 1 saturated heterocycles. The Kier molecular flexibility index (Phi) is 4.62. The maximum absolute atomic E-state index is 12.7. The molecule has 0 bridgehead atoms. The number of hydrogen-bond donors (Lipinski definition) is 0. The summed E-state index contributed by atoms with van der Waals surface area (Å²) >= 11 is 0. The zero-order valence-electron chi connectivity index (χ0n) is 13.5. The van der Waals surface area contributed by atoms with Crippen LogP contribution in [0.4, 0.5) is 0 Å². The van der Waals surface area contributed by atoms with Gasteiger partial charge in [0.05, 0.1) is 11.7 Å². The van der Waals surface area contributed by atoms with E-state index in [2.05, 4.69) is 19.9 Å². The number of hydrogen-bond acceptors (Lipinski definition) is 5. The minimum Gasteiger partial charge on any atom is -0.328 e. The number of carbonyl (C=O) groups excluding carboxylic acids is 1. The first-order chi connectivity index (χ1) is 11.1. The van der Waals surface area contributed by atoms with E-state index < -0.39 is 0 Å². The van der Waals surface area contributed by atoms with Gasteiger partial charge in [-0.1, -0.05) is 0 Å². The van der Waals surface area contributed by atoms with Gasteiger partial charge in [0.15, 0.2) is 5.82 Å². The maximum atomic E-state index is 12.7. The van der Waals surface area contributed by atoms with Crippen LogP contribution in [-0.4, -0.2) is 51.3 Å². The summed E-state index contributed by atoms with van der Waals surface area (Å²) < 4.78 is 0. The quantitative estimate of drug-likeness (QED) is 0.863. The molecule has 0 aromatic carbocycles. The van der Waals surface area contributed by atoms with Crippen LogP contribution in [0, 0.1) is 0 Å². The molecule has 0 unspecified atom stereocenters. The standard InChI is InChI=1S/C17H21N5O/c1-21(2)12-14-7-10-19-16(20-14)15-4-3-11-22(15)17(23)13-5-8-18-9-6-13/h5-10,15H,3-4,11-12H2,1-2H3/t15-/m1/s1. The number of likely N-dealkylation sites (tertiary alicyclic amines) is 1. The molecular formula is C17H21N5O. The van der Waals surface area contributed by atoms with Crippen LogP contribution < -0.4 is 0 Å². The molecule has 0 spiro atoms. The number of carbonyl (C=O) groups is 1. The lowest BCUT2D eigenvalue weighted by Gasteiger charge is -2.24. The van der Waals surface area contributed by atoms with Gasteiger partial charge >= 0.3 is 0 Å². The fourth-order valence-electron chi connectivity index (χ4n) is 2.92. The highest BCUT2D eigenvalue weighted by Crippen LogP contribution is 2.31. The first kappa shape index (κ1) is 15.6. The topological polar surface area (TPSA) is 62.2 Å². The lowest BCUT2D eigenvalue weighted by atomic mass is 10.1. The normalized spacial score (nSPS) is 17.7. The zero-order chi connectivity index (χ0) is 16.2. The van der Waals surface area contributed by atoms with E-state index in [1.54, 1.807) is 30.7 Å². The summed E-state index contributed by atoms with van der Waals surface area (Å²) in [5.41, 5.74) is 1.64. The summed E-state index contributed by atoms with van der Waals surface area (Å²) in [5, 5.41) is 0. The molecule has 2 aromatic rings. The van der Waals surface area contributed by atoms with Crippen molar-refractivity contribution in [2.45, 2.75) is 25.4 Å². The third kappa shape index (κ3) is 3.53. The third-order valence-corrected chi connectivity index (χ3v) is 3.95. The Morgan fingerprint density at radius 1 is 1.26 bits per heavy atom. The summed E-state index contributed by atoms with van der Waals surface area (Å²) in [7, 11) is 4.02. The van der Waals surface area contributed by atoms with Crippen LogP contribution in [0.3, 0.4) is 0 Å². The van der Waals surface area contributed by atoms with E-state index in [-0.39, 0.29) is 11.9 Å². The molecule has 6 nitrogen and oxygen atoms in total. The molecular weight excluding hydrogens is 290 g/mol. The Bertz CT molecular complexity index is 674. The van der Waals surface area contributed by atoms with Crippen molar-refractivity contribution in [1.82, 2.24) is 24.8 Å². The van der Waals surface area contributed by atoms with E-state index in [1.165, 1.54) is 0 Å². The Balaban J connectivity index is 1.83. The van der Waals surface area contributed by atoms with Crippen LogP contribution >= 0.6 is 0 Å². The van der Waals surface area contributed by atoms with Crippen LogP contribution in [0.25, 0.3) is 0 Å². The van der Waals surface area contributed by atoms with Gasteiger partial charge in [-0.15, -0.1) is 0 Å². The van der Waals surface area contributed by atoms with E-state index in [1.807, 2.05) is 25.1 Å². The fourth-order valence-corrected chi connectivity index (χ4v) is 2.92.